The van der Waals surface area contributed by atoms with Gasteiger partial charge in [0.15, 0.2) is 6.61 Å². The second kappa shape index (κ2) is 7.43. The SMILES string of the molecule is Cc1cc(=O)[nH]c([C@@H]2CN(C(=O)COc3ccc(F)cc3)CCO2)n1. The summed E-state index contributed by atoms with van der Waals surface area (Å²) >= 11 is 0. The van der Waals surface area contributed by atoms with Gasteiger partial charge >= 0.3 is 0 Å². The van der Waals surface area contributed by atoms with Gasteiger partial charge in [-0.05, 0) is 31.2 Å². The topological polar surface area (TPSA) is 84.5 Å². The molecule has 1 aliphatic heterocycles. The number of aryl methyl sites for hydroxylation is 1. The second-order valence-electron chi connectivity index (χ2n) is 5.71. The fourth-order valence-corrected chi connectivity index (χ4v) is 2.56. The van der Waals surface area contributed by atoms with Crippen molar-refractivity contribution in [1.82, 2.24) is 14.9 Å². The maximum absolute atomic E-state index is 12.9. The van der Waals surface area contributed by atoms with Crippen LogP contribution in [0.25, 0.3) is 0 Å². The Labute approximate surface area is 143 Å². The molecule has 25 heavy (non-hydrogen) atoms. The molecule has 1 aromatic heterocycles. The molecule has 0 unspecified atom stereocenters. The van der Waals surface area contributed by atoms with E-state index < -0.39 is 6.10 Å². The molecule has 1 amide bonds. The number of H-pyrrole nitrogens is 1. The number of aromatic nitrogens is 2. The molecule has 1 N–H and O–H groups in total. The van der Waals surface area contributed by atoms with E-state index in [1.807, 2.05) is 0 Å². The van der Waals surface area contributed by atoms with Crippen molar-refractivity contribution in [1.29, 1.82) is 0 Å². The number of morpholine rings is 1. The van der Waals surface area contributed by atoms with Crippen LogP contribution in [0.4, 0.5) is 4.39 Å². The van der Waals surface area contributed by atoms with Gasteiger partial charge in [-0.2, -0.15) is 0 Å². The molecule has 1 saturated heterocycles. The summed E-state index contributed by atoms with van der Waals surface area (Å²) in [6, 6.07) is 6.86. The number of hydrogen-bond acceptors (Lipinski definition) is 5. The highest BCUT2D eigenvalue weighted by atomic mass is 19.1. The quantitative estimate of drug-likeness (QED) is 0.898. The smallest absolute Gasteiger partial charge is 0.260 e. The Balaban J connectivity index is 1.61. The van der Waals surface area contributed by atoms with Gasteiger partial charge in [-0.1, -0.05) is 0 Å². The summed E-state index contributed by atoms with van der Waals surface area (Å²) < 4.78 is 23.9. The molecule has 1 fully saturated rings. The van der Waals surface area contributed by atoms with Crippen LogP contribution in [-0.4, -0.2) is 47.1 Å². The summed E-state index contributed by atoms with van der Waals surface area (Å²) in [6.07, 6.45) is -0.490. The lowest BCUT2D eigenvalue weighted by Crippen LogP contribution is -2.44. The van der Waals surface area contributed by atoms with Crippen LogP contribution in [0.3, 0.4) is 0 Å². The molecule has 8 heteroatoms. The molecule has 132 valence electrons. The van der Waals surface area contributed by atoms with Crippen LogP contribution in [0.15, 0.2) is 35.1 Å². The summed E-state index contributed by atoms with van der Waals surface area (Å²) in [6.45, 7) is 2.61. The predicted octanol–water partition coefficient (Wildman–Crippen LogP) is 1.20. The number of halogens is 1. The van der Waals surface area contributed by atoms with Gasteiger partial charge in [-0.15, -0.1) is 0 Å². The molecule has 0 spiro atoms. The van der Waals surface area contributed by atoms with E-state index in [9.17, 15) is 14.0 Å². The Kier molecular flexibility index (Phi) is 5.08. The van der Waals surface area contributed by atoms with Gasteiger partial charge in [0.25, 0.3) is 11.5 Å². The van der Waals surface area contributed by atoms with E-state index in [1.165, 1.54) is 30.3 Å². The molecule has 2 heterocycles. The predicted molar refractivity (Wildman–Crippen MR) is 86.8 cm³/mol. The first-order chi connectivity index (χ1) is 12.0. The Morgan fingerprint density at radius 2 is 2.20 bits per heavy atom. The van der Waals surface area contributed by atoms with Crippen molar-refractivity contribution in [3.05, 3.63) is 58.0 Å². The number of benzene rings is 1. The lowest BCUT2D eigenvalue weighted by Gasteiger charge is -2.32. The fraction of sp³-hybridized carbons (Fsp3) is 0.353. The van der Waals surface area contributed by atoms with E-state index in [0.29, 0.717) is 30.4 Å². The zero-order valence-corrected chi connectivity index (χ0v) is 13.7. The average Bonchev–Trinajstić information content (AvgIpc) is 2.60. The molecule has 0 saturated carbocycles. The minimum Gasteiger partial charge on any atom is -0.484 e. The molecule has 0 aliphatic carbocycles. The monoisotopic (exact) mass is 347 g/mol. The van der Waals surface area contributed by atoms with E-state index in [2.05, 4.69) is 9.97 Å². The van der Waals surface area contributed by atoms with E-state index in [-0.39, 0.29) is 30.4 Å². The molecule has 1 atom stereocenters. The maximum atomic E-state index is 12.9. The lowest BCUT2D eigenvalue weighted by molar-refractivity contribution is -0.141. The Bertz CT molecular complexity index is 806. The normalized spacial score (nSPS) is 17.4. The molecule has 0 radical (unpaired) electrons. The molecule has 2 aromatic rings. The molecule has 3 rings (SSSR count). The first-order valence-electron chi connectivity index (χ1n) is 7.87. The molecular formula is C17H18FN3O4. The first kappa shape index (κ1) is 17.1. The van der Waals surface area contributed by atoms with Crippen molar-refractivity contribution in [3.63, 3.8) is 0 Å². The standard InChI is InChI=1S/C17H18FN3O4/c1-11-8-15(22)20-17(19-11)14-9-21(6-7-24-14)16(23)10-25-13-4-2-12(18)3-5-13/h2-5,8,14H,6-7,9-10H2,1H3,(H,19,20,22)/t14-/m0/s1. The number of carbonyl (C=O) groups excluding carboxylic acids is 1. The lowest BCUT2D eigenvalue weighted by atomic mass is 10.2. The van der Waals surface area contributed by atoms with Crippen molar-refractivity contribution in [2.24, 2.45) is 0 Å². The van der Waals surface area contributed by atoms with E-state index in [1.54, 1.807) is 11.8 Å². The molecular weight excluding hydrogens is 329 g/mol. The van der Waals surface area contributed by atoms with Crippen LogP contribution in [0.2, 0.25) is 0 Å². The van der Waals surface area contributed by atoms with Crippen LogP contribution < -0.4 is 10.3 Å². The zero-order valence-electron chi connectivity index (χ0n) is 13.7. The zero-order chi connectivity index (χ0) is 17.8. The van der Waals surface area contributed by atoms with Gasteiger partial charge in [0.2, 0.25) is 0 Å². The third-order valence-corrected chi connectivity index (χ3v) is 3.79. The van der Waals surface area contributed by atoms with Crippen molar-refractivity contribution >= 4 is 5.91 Å². The highest BCUT2D eigenvalue weighted by Gasteiger charge is 2.27. The molecule has 1 aromatic carbocycles. The third kappa shape index (κ3) is 4.42. The minimum absolute atomic E-state index is 0.157. The Hall–Kier alpha value is -2.74. The number of nitrogens with one attached hydrogen (secondary N) is 1. The summed E-state index contributed by atoms with van der Waals surface area (Å²) in [5, 5.41) is 0. The number of ether oxygens (including phenoxy) is 2. The van der Waals surface area contributed by atoms with E-state index in [4.69, 9.17) is 9.47 Å². The first-order valence-corrected chi connectivity index (χ1v) is 7.87. The Morgan fingerprint density at radius 3 is 2.92 bits per heavy atom. The third-order valence-electron chi connectivity index (χ3n) is 3.79. The van der Waals surface area contributed by atoms with Crippen LogP contribution in [0.5, 0.6) is 5.75 Å². The van der Waals surface area contributed by atoms with E-state index >= 15 is 0 Å². The average molecular weight is 347 g/mol. The van der Waals surface area contributed by atoms with Gasteiger partial charge in [0.1, 0.15) is 23.5 Å². The number of amides is 1. The van der Waals surface area contributed by atoms with Gasteiger partial charge in [-0.3, -0.25) is 9.59 Å². The van der Waals surface area contributed by atoms with Crippen molar-refractivity contribution < 1.29 is 18.7 Å². The number of hydrogen-bond donors (Lipinski definition) is 1. The van der Waals surface area contributed by atoms with Gasteiger partial charge in [0, 0.05) is 18.3 Å². The molecule has 1 aliphatic rings. The number of nitrogens with zero attached hydrogens (tertiary/aromatic N) is 2. The number of rotatable bonds is 4. The number of carbonyl (C=O) groups is 1. The van der Waals surface area contributed by atoms with Crippen molar-refractivity contribution in [2.45, 2.75) is 13.0 Å². The summed E-state index contributed by atoms with van der Waals surface area (Å²) in [5.41, 5.74) is 0.333. The van der Waals surface area contributed by atoms with Crippen LogP contribution in [0.1, 0.15) is 17.6 Å². The van der Waals surface area contributed by atoms with Crippen LogP contribution in [0, 0.1) is 12.7 Å². The fourth-order valence-electron chi connectivity index (χ4n) is 2.56. The van der Waals surface area contributed by atoms with Crippen LogP contribution >= 0.6 is 0 Å². The summed E-state index contributed by atoms with van der Waals surface area (Å²) in [5.74, 6) is 0.244. The summed E-state index contributed by atoms with van der Waals surface area (Å²) in [7, 11) is 0. The maximum Gasteiger partial charge on any atom is 0.260 e. The molecule has 7 nitrogen and oxygen atoms in total. The van der Waals surface area contributed by atoms with Gasteiger partial charge in [-0.25, -0.2) is 9.37 Å². The van der Waals surface area contributed by atoms with Crippen molar-refractivity contribution in [3.8, 4) is 5.75 Å². The van der Waals surface area contributed by atoms with Gasteiger partial charge < -0.3 is 19.4 Å². The molecule has 0 bridgehead atoms. The summed E-state index contributed by atoms with van der Waals surface area (Å²) in [4.78, 5) is 32.4. The number of aromatic amines is 1. The van der Waals surface area contributed by atoms with E-state index in [0.717, 1.165) is 0 Å². The van der Waals surface area contributed by atoms with Gasteiger partial charge in [0.05, 0.1) is 13.2 Å². The Morgan fingerprint density at radius 1 is 1.44 bits per heavy atom. The van der Waals surface area contributed by atoms with Crippen molar-refractivity contribution in [2.75, 3.05) is 26.3 Å². The van der Waals surface area contributed by atoms with Crippen LogP contribution in [-0.2, 0) is 9.53 Å². The second-order valence-corrected chi connectivity index (χ2v) is 5.71. The largest absolute Gasteiger partial charge is 0.484 e. The highest BCUT2D eigenvalue weighted by Crippen LogP contribution is 2.19. The highest BCUT2D eigenvalue weighted by molar-refractivity contribution is 5.77. The minimum atomic E-state index is -0.490.